The molecule has 5 rings (SSSR count). The van der Waals surface area contributed by atoms with Crippen LogP contribution in [0.4, 0.5) is 23.7 Å². The van der Waals surface area contributed by atoms with E-state index in [1.807, 2.05) is 0 Å². The molecule has 8 nitrogen and oxygen atoms in total. The lowest BCUT2D eigenvalue weighted by molar-refractivity contribution is -0.138. The molecule has 34 heavy (non-hydrogen) atoms. The third-order valence-corrected chi connectivity index (χ3v) is 6.82. The molecule has 2 aliphatic rings. The molecule has 178 valence electrons. The van der Waals surface area contributed by atoms with E-state index in [0.29, 0.717) is 42.8 Å². The molecule has 2 fully saturated rings. The molecule has 3 aromatic rings. The minimum atomic E-state index is -4.38. The van der Waals surface area contributed by atoms with Crippen molar-refractivity contribution < 1.29 is 22.8 Å². The Morgan fingerprint density at radius 1 is 1.03 bits per heavy atom. The van der Waals surface area contributed by atoms with E-state index >= 15 is 0 Å². The third-order valence-electron chi connectivity index (χ3n) is 6.82. The molecular weight excluding hydrogens is 449 g/mol. The van der Waals surface area contributed by atoms with Crippen LogP contribution in [-0.2, 0) is 6.18 Å². The van der Waals surface area contributed by atoms with Crippen molar-refractivity contribution in [3.63, 3.8) is 0 Å². The Morgan fingerprint density at radius 3 is 2.41 bits per heavy atom. The lowest BCUT2D eigenvalue weighted by Crippen LogP contribution is -2.31. The first-order valence-corrected chi connectivity index (χ1v) is 11.0. The second-order valence-electron chi connectivity index (χ2n) is 8.86. The fourth-order valence-corrected chi connectivity index (χ4v) is 5.28. The number of likely N-dealkylation sites (tertiary alicyclic amines) is 1. The summed E-state index contributed by atoms with van der Waals surface area (Å²) in [6.45, 7) is 0.943. The molecular formula is C23H23F3N6O2. The molecule has 1 aliphatic heterocycles. The van der Waals surface area contributed by atoms with E-state index in [1.54, 1.807) is 35.4 Å². The van der Waals surface area contributed by atoms with Gasteiger partial charge >= 0.3 is 12.2 Å². The number of anilines is 1. The second kappa shape index (κ2) is 8.30. The van der Waals surface area contributed by atoms with Gasteiger partial charge in [-0.15, -0.1) is 10.2 Å². The van der Waals surface area contributed by atoms with Gasteiger partial charge in [-0.3, -0.25) is 9.20 Å². The van der Waals surface area contributed by atoms with Gasteiger partial charge in [0.25, 0.3) is 5.91 Å². The van der Waals surface area contributed by atoms with Crippen LogP contribution in [0.3, 0.4) is 0 Å². The zero-order chi connectivity index (χ0) is 24.0. The quantitative estimate of drug-likeness (QED) is 0.607. The van der Waals surface area contributed by atoms with Crippen LogP contribution in [0.5, 0.6) is 0 Å². The third kappa shape index (κ3) is 3.95. The first-order chi connectivity index (χ1) is 16.2. The summed E-state index contributed by atoms with van der Waals surface area (Å²) in [4.78, 5) is 26.5. The second-order valence-corrected chi connectivity index (χ2v) is 8.86. The predicted octanol–water partition coefficient (Wildman–Crippen LogP) is 3.77. The summed E-state index contributed by atoms with van der Waals surface area (Å²) in [5.41, 5.74) is 0.727. The maximum atomic E-state index is 13.5. The summed E-state index contributed by atoms with van der Waals surface area (Å²) in [5, 5.41) is 13.2. The SMILES string of the molecule is CNC(=O)Nc1ccc2nnc(C(=O)N3C[C@H]4C[C@H](c5ccccc5C(F)(F)F)C[C@H]4C3)n2c1. The molecule has 1 aromatic carbocycles. The molecule has 1 saturated carbocycles. The van der Waals surface area contributed by atoms with Crippen LogP contribution in [0.15, 0.2) is 42.6 Å². The maximum absolute atomic E-state index is 13.5. The minimum Gasteiger partial charge on any atom is -0.341 e. The van der Waals surface area contributed by atoms with Gasteiger partial charge in [0.1, 0.15) is 0 Å². The number of aromatic nitrogens is 3. The summed E-state index contributed by atoms with van der Waals surface area (Å²) in [6, 6.07) is 8.70. The minimum absolute atomic E-state index is 0.134. The smallest absolute Gasteiger partial charge is 0.341 e. The number of nitrogens with zero attached hydrogens (tertiary/aromatic N) is 4. The van der Waals surface area contributed by atoms with Crippen molar-refractivity contribution in [1.29, 1.82) is 0 Å². The summed E-state index contributed by atoms with van der Waals surface area (Å²) in [5.74, 6) is -0.0436. The van der Waals surface area contributed by atoms with Gasteiger partial charge in [0.2, 0.25) is 5.82 Å². The van der Waals surface area contributed by atoms with Crippen LogP contribution >= 0.6 is 0 Å². The largest absolute Gasteiger partial charge is 0.416 e. The summed E-state index contributed by atoms with van der Waals surface area (Å²) in [7, 11) is 1.50. The maximum Gasteiger partial charge on any atom is 0.416 e. The van der Waals surface area contributed by atoms with Gasteiger partial charge in [0.15, 0.2) is 5.65 Å². The Morgan fingerprint density at radius 2 is 1.74 bits per heavy atom. The zero-order valence-corrected chi connectivity index (χ0v) is 18.3. The van der Waals surface area contributed by atoms with Gasteiger partial charge in [-0.2, -0.15) is 13.2 Å². The fraction of sp³-hybridized carbons (Fsp3) is 0.391. The molecule has 0 radical (unpaired) electrons. The number of benzene rings is 1. The van der Waals surface area contributed by atoms with Crippen molar-refractivity contribution in [3.05, 3.63) is 59.5 Å². The lowest BCUT2D eigenvalue weighted by atomic mass is 9.91. The molecule has 1 saturated heterocycles. The molecule has 0 bridgehead atoms. The topological polar surface area (TPSA) is 91.6 Å². The highest BCUT2D eigenvalue weighted by Gasteiger charge is 2.45. The van der Waals surface area contributed by atoms with Crippen LogP contribution in [0, 0.1) is 11.8 Å². The van der Waals surface area contributed by atoms with Crippen LogP contribution < -0.4 is 10.6 Å². The zero-order valence-electron chi connectivity index (χ0n) is 18.3. The van der Waals surface area contributed by atoms with E-state index in [2.05, 4.69) is 20.8 Å². The van der Waals surface area contributed by atoms with E-state index in [9.17, 15) is 22.8 Å². The average Bonchev–Trinajstić information content (AvgIpc) is 3.51. The van der Waals surface area contributed by atoms with E-state index in [-0.39, 0.29) is 29.5 Å². The number of carbonyl (C=O) groups excluding carboxylic acids is 2. The number of pyridine rings is 1. The predicted molar refractivity (Wildman–Crippen MR) is 117 cm³/mol. The van der Waals surface area contributed by atoms with Gasteiger partial charge in [0.05, 0.1) is 11.3 Å². The lowest BCUT2D eigenvalue weighted by Gasteiger charge is -2.21. The highest BCUT2D eigenvalue weighted by atomic mass is 19.4. The molecule has 1 aliphatic carbocycles. The number of urea groups is 1. The number of halogens is 3. The Balaban J connectivity index is 1.31. The standard InChI is InChI=1S/C23H23F3N6O2/c1-27-22(34)28-16-6-7-19-29-30-20(32(19)12-16)21(33)31-10-14-8-13(9-15(14)11-31)17-4-2-3-5-18(17)23(24,25)26/h2-7,12-15H,8-11H2,1H3,(H2,27,28,34)/t13-,14+,15-. The van der Waals surface area contributed by atoms with Crippen LogP contribution in [0.25, 0.3) is 5.65 Å². The summed E-state index contributed by atoms with van der Waals surface area (Å²) < 4.78 is 41.9. The highest BCUT2D eigenvalue weighted by Crippen LogP contribution is 2.49. The fourth-order valence-electron chi connectivity index (χ4n) is 5.28. The number of rotatable bonds is 3. The van der Waals surface area contributed by atoms with Gasteiger partial charge in [-0.1, -0.05) is 18.2 Å². The van der Waals surface area contributed by atoms with Crippen molar-refractivity contribution in [2.75, 3.05) is 25.5 Å². The first kappa shape index (κ1) is 22.2. The normalized spacial score (nSPS) is 22.1. The Bertz CT molecular complexity index is 1240. The molecule has 3 heterocycles. The number of nitrogens with one attached hydrogen (secondary N) is 2. The van der Waals surface area contributed by atoms with Crippen molar-refractivity contribution in [3.8, 4) is 0 Å². The number of hydrogen-bond donors (Lipinski definition) is 2. The number of fused-ring (bicyclic) bond motifs is 2. The number of amides is 3. The van der Waals surface area contributed by atoms with Gasteiger partial charge in [0, 0.05) is 26.3 Å². The van der Waals surface area contributed by atoms with Crippen molar-refractivity contribution >= 4 is 23.3 Å². The number of alkyl halides is 3. The van der Waals surface area contributed by atoms with Crippen LogP contribution in [0.2, 0.25) is 0 Å². The van der Waals surface area contributed by atoms with E-state index in [4.69, 9.17) is 0 Å². The van der Waals surface area contributed by atoms with Crippen LogP contribution in [0.1, 0.15) is 40.5 Å². The monoisotopic (exact) mass is 472 g/mol. The molecule has 3 amide bonds. The molecule has 2 aromatic heterocycles. The number of carbonyl (C=O) groups is 2. The Kier molecular flexibility index (Phi) is 5.41. The van der Waals surface area contributed by atoms with Crippen molar-refractivity contribution in [2.24, 2.45) is 11.8 Å². The van der Waals surface area contributed by atoms with E-state index < -0.39 is 17.8 Å². The van der Waals surface area contributed by atoms with Gasteiger partial charge in [-0.25, -0.2) is 4.79 Å². The van der Waals surface area contributed by atoms with Crippen molar-refractivity contribution in [1.82, 2.24) is 24.8 Å². The van der Waals surface area contributed by atoms with Gasteiger partial charge in [-0.05, 0) is 54.4 Å². The summed E-state index contributed by atoms with van der Waals surface area (Å²) >= 11 is 0. The number of hydrogen-bond acceptors (Lipinski definition) is 4. The average molecular weight is 472 g/mol. The first-order valence-electron chi connectivity index (χ1n) is 11.0. The van der Waals surface area contributed by atoms with Gasteiger partial charge < -0.3 is 15.5 Å². The molecule has 0 unspecified atom stereocenters. The van der Waals surface area contributed by atoms with Crippen molar-refractivity contribution in [2.45, 2.75) is 24.9 Å². The molecule has 2 N–H and O–H groups in total. The highest BCUT2D eigenvalue weighted by molar-refractivity contribution is 5.92. The van der Waals surface area contributed by atoms with E-state index in [1.165, 1.54) is 17.5 Å². The summed E-state index contributed by atoms with van der Waals surface area (Å²) in [6.07, 6.45) is -1.57. The molecule has 11 heteroatoms. The van der Waals surface area contributed by atoms with E-state index in [0.717, 1.165) is 6.07 Å². The van der Waals surface area contributed by atoms with Crippen LogP contribution in [-0.4, -0.2) is 51.6 Å². The molecule has 0 spiro atoms. The Hall–Kier alpha value is -3.63. The molecule has 3 atom stereocenters. The Labute approximate surface area is 193 Å².